The lowest BCUT2D eigenvalue weighted by molar-refractivity contribution is -0.671. The normalized spacial score (nSPS) is 13.8. The second-order valence-electron chi connectivity index (χ2n) is 4.68. The zero-order chi connectivity index (χ0) is 13.1. The van der Waals surface area contributed by atoms with Crippen molar-refractivity contribution < 1.29 is 9.30 Å². The molecule has 3 rings (SSSR count). The molecule has 1 aromatic heterocycles. The van der Waals surface area contributed by atoms with Crippen molar-refractivity contribution in [3.8, 4) is 5.75 Å². The smallest absolute Gasteiger partial charge is 0.169 e. The Bertz CT molecular complexity index is 639. The van der Waals surface area contributed by atoms with E-state index in [2.05, 4.69) is 36.4 Å². The Morgan fingerprint density at radius 1 is 1.05 bits per heavy atom. The van der Waals surface area contributed by atoms with Crippen LogP contribution in [0.5, 0.6) is 5.75 Å². The van der Waals surface area contributed by atoms with Gasteiger partial charge in [0.15, 0.2) is 12.4 Å². The van der Waals surface area contributed by atoms with Crippen LogP contribution in [-0.2, 0) is 7.05 Å². The van der Waals surface area contributed by atoms with Crippen molar-refractivity contribution in [3.05, 3.63) is 71.6 Å². The van der Waals surface area contributed by atoms with Gasteiger partial charge in [-0.25, -0.2) is 4.57 Å². The molecule has 2 heteroatoms. The van der Waals surface area contributed by atoms with Gasteiger partial charge in [-0.15, -0.1) is 0 Å². The van der Waals surface area contributed by atoms with Crippen molar-refractivity contribution in [2.45, 2.75) is 0 Å². The topological polar surface area (TPSA) is 13.1 Å². The molecule has 2 heterocycles. The molecule has 0 unspecified atom stereocenters. The number of para-hydroxylation sites is 1. The number of nitrogens with zero attached hydrogens (tertiary/aromatic N) is 1. The predicted octanol–water partition coefficient (Wildman–Crippen LogP) is 3.00. The van der Waals surface area contributed by atoms with E-state index in [1.54, 1.807) is 0 Å². The number of fused-ring (bicyclic) bond motifs is 1. The molecule has 0 fully saturated rings. The summed E-state index contributed by atoms with van der Waals surface area (Å²) in [7, 11) is 2.02. The van der Waals surface area contributed by atoms with Crippen molar-refractivity contribution in [2.24, 2.45) is 7.05 Å². The van der Waals surface area contributed by atoms with E-state index >= 15 is 0 Å². The van der Waals surface area contributed by atoms with Gasteiger partial charge < -0.3 is 4.74 Å². The lowest BCUT2D eigenvalue weighted by Crippen LogP contribution is -2.25. The van der Waals surface area contributed by atoms with Gasteiger partial charge in [0.1, 0.15) is 19.4 Å². The minimum absolute atomic E-state index is 0.633. The van der Waals surface area contributed by atoms with E-state index in [9.17, 15) is 0 Å². The Hall–Kier alpha value is -2.35. The molecule has 0 amide bonds. The highest BCUT2D eigenvalue weighted by atomic mass is 16.5. The summed E-state index contributed by atoms with van der Waals surface area (Å²) in [5.74, 6) is 0.964. The Balaban J connectivity index is 1.81. The first-order valence-electron chi connectivity index (χ1n) is 6.37. The third kappa shape index (κ3) is 2.74. The molecular weight excluding hydrogens is 234 g/mol. The van der Waals surface area contributed by atoms with Gasteiger partial charge in [-0.05, 0) is 23.3 Å². The van der Waals surface area contributed by atoms with Crippen LogP contribution in [0.25, 0.3) is 12.2 Å². The standard InChI is InChI=1S/C17H16NO/c1-18-10-8-14(9-11-18)6-7-15-12-16-4-2-3-5-17(16)19-13-15/h2-12H,13H2,1H3/q+1/b7-6+. The number of aryl methyl sites for hydroxylation is 1. The number of pyridine rings is 1. The average molecular weight is 250 g/mol. The fourth-order valence-corrected chi connectivity index (χ4v) is 2.06. The van der Waals surface area contributed by atoms with E-state index in [0.717, 1.165) is 11.3 Å². The van der Waals surface area contributed by atoms with E-state index in [4.69, 9.17) is 4.74 Å². The zero-order valence-electron chi connectivity index (χ0n) is 10.9. The Labute approximate surface area is 113 Å². The summed E-state index contributed by atoms with van der Waals surface area (Å²) in [6, 6.07) is 12.3. The Morgan fingerprint density at radius 2 is 1.84 bits per heavy atom. The number of ether oxygens (including phenoxy) is 1. The van der Waals surface area contributed by atoms with Crippen LogP contribution < -0.4 is 9.30 Å². The molecule has 0 atom stereocenters. The molecule has 1 aliphatic rings. The summed E-state index contributed by atoms with van der Waals surface area (Å²) in [5.41, 5.74) is 3.53. The van der Waals surface area contributed by atoms with Crippen LogP contribution in [0.2, 0.25) is 0 Å². The van der Waals surface area contributed by atoms with Crippen LogP contribution in [0.3, 0.4) is 0 Å². The molecule has 0 saturated carbocycles. The molecule has 0 bridgehead atoms. The van der Waals surface area contributed by atoms with E-state index in [1.165, 1.54) is 11.1 Å². The maximum absolute atomic E-state index is 5.72. The number of aromatic nitrogens is 1. The highest BCUT2D eigenvalue weighted by molar-refractivity contribution is 5.66. The summed E-state index contributed by atoms with van der Waals surface area (Å²) in [6.45, 7) is 0.633. The summed E-state index contributed by atoms with van der Waals surface area (Å²) >= 11 is 0. The van der Waals surface area contributed by atoms with Gasteiger partial charge in [-0.3, -0.25) is 0 Å². The van der Waals surface area contributed by atoms with E-state index in [1.807, 2.05) is 42.2 Å². The molecular formula is C17H16NO+. The van der Waals surface area contributed by atoms with Gasteiger partial charge in [-0.2, -0.15) is 0 Å². The Kier molecular flexibility index (Phi) is 3.15. The molecule has 1 aliphatic heterocycles. The maximum atomic E-state index is 5.72. The van der Waals surface area contributed by atoms with E-state index < -0.39 is 0 Å². The zero-order valence-corrected chi connectivity index (χ0v) is 10.9. The van der Waals surface area contributed by atoms with Gasteiger partial charge in [0.25, 0.3) is 0 Å². The van der Waals surface area contributed by atoms with Crippen molar-refractivity contribution in [1.29, 1.82) is 0 Å². The molecule has 0 N–H and O–H groups in total. The summed E-state index contributed by atoms with van der Waals surface area (Å²) in [4.78, 5) is 0. The quantitative estimate of drug-likeness (QED) is 0.747. The number of benzene rings is 1. The predicted molar refractivity (Wildman–Crippen MR) is 76.6 cm³/mol. The minimum atomic E-state index is 0.633. The largest absolute Gasteiger partial charge is 0.488 e. The van der Waals surface area contributed by atoms with Crippen molar-refractivity contribution in [2.75, 3.05) is 6.61 Å². The molecule has 0 spiro atoms. The molecule has 0 radical (unpaired) electrons. The Morgan fingerprint density at radius 3 is 2.68 bits per heavy atom. The summed E-state index contributed by atoms with van der Waals surface area (Å²) in [6.07, 6.45) is 10.5. The first-order chi connectivity index (χ1) is 9.31. The molecule has 19 heavy (non-hydrogen) atoms. The molecule has 2 aromatic rings. The van der Waals surface area contributed by atoms with Crippen LogP contribution in [0.1, 0.15) is 11.1 Å². The monoisotopic (exact) mass is 250 g/mol. The fourth-order valence-electron chi connectivity index (χ4n) is 2.06. The van der Waals surface area contributed by atoms with Crippen LogP contribution in [0.15, 0.2) is 60.4 Å². The van der Waals surface area contributed by atoms with Crippen molar-refractivity contribution in [3.63, 3.8) is 0 Å². The first kappa shape index (κ1) is 11.7. The van der Waals surface area contributed by atoms with Crippen LogP contribution in [0.4, 0.5) is 0 Å². The highest BCUT2D eigenvalue weighted by Crippen LogP contribution is 2.26. The molecule has 94 valence electrons. The number of hydrogen-bond donors (Lipinski definition) is 0. The van der Waals surface area contributed by atoms with Crippen LogP contribution >= 0.6 is 0 Å². The fraction of sp³-hybridized carbons (Fsp3) is 0.118. The summed E-state index contributed by atoms with van der Waals surface area (Å²) in [5, 5.41) is 0. The average Bonchev–Trinajstić information content (AvgIpc) is 2.46. The van der Waals surface area contributed by atoms with Crippen LogP contribution in [0, 0.1) is 0 Å². The van der Waals surface area contributed by atoms with E-state index in [-0.39, 0.29) is 0 Å². The second-order valence-corrected chi connectivity index (χ2v) is 4.68. The maximum Gasteiger partial charge on any atom is 0.169 e. The van der Waals surface area contributed by atoms with Gasteiger partial charge >= 0.3 is 0 Å². The highest BCUT2D eigenvalue weighted by Gasteiger charge is 2.08. The molecule has 2 nitrogen and oxygen atoms in total. The van der Waals surface area contributed by atoms with E-state index in [0.29, 0.717) is 6.61 Å². The van der Waals surface area contributed by atoms with Gasteiger partial charge in [-0.1, -0.05) is 30.4 Å². The lowest BCUT2D eigenvalue weighted by Gasteiger charge is -2.15. The van der Waals surface area contributed by atoms with Crippen molar-refractivity contribution in [1.82, 2.24) is 0 Å². The lowest BCUT2D eigenvalue weighted by atomic mass is 10.1. The van der Waals surface area contributed by atoms with Gasteiger partial charge in [0.05, 0.1) is 0 Å². The van der Waals surface area contributed by atoms with Gasteiger partial charge in [0, 0.05) is 17.7 Å². The second kappa shape index (κ2) is 5.11. The SMILES string of the molecule is C[n+]1ccc(/C=C/C2=Cc3ccccc3OC2)cc1. The third-order valence-electron chi connectivity index (χ3n) is 3.15. The number of hydrogen-bond acceptors (Lipinski definition) is 1. The molecule has 1 aromatic carbocycles. The van der Waals surface area contributed by atoms with Crippen LogP contribution in [-0.4, -0.2) is 6.61 Å². The van der Waals surface area contributed by atoms with Crippen molar-refractivity contribution >= 4 is 12.2 Å². The molecule has 0 aliphatic carbocycles. The minimum Gasteiger partial charge on any atom is -0.488 e. The number of rotatable bonds is 2. The first-order valence-corrected chi connectivity index (χ1v) is 6.37. The third-order valence-corrected chi connectivity index (χ3v) is 3.15. The molecule has 0 saturated heterocycles. The van der Waals surface area contributed by atoms with Gasteiger partial charge in [0.2, 0.25) is 0 Å². The summed E-state index contributed by atoms with van der Waals surface area (Å²) < 4.78 is 7.74.